The number of nitrogens with zero attached hydrogens (tertiary/aromatic N) is 2. The summed E-state index contributed by atoms with van der Waals surface area (Å²) >= 11 is 3.19. The molecule has 0 bridgehead atoms. The Morgan fingerprint density at radius 1 is 1.39 bits per heavy atom. The van der Waals surface area contributed by atoms with Crippen molar-refractivity contribution in [3.63, 3.8) is 0 Å². The largest absolute Gasteiger partial charge is 0.438 e. The molecule has 126 valence electrons. The summed E-state index contributed by atoms with van der Waals surface area (Å²) in [5, 5.41) is 14.0. The summed E-state index contributed by atoms with van der Waals surface area (Å²) in [6.45, 7) is 1.90. The molecule has 0 radical (unpaired) electrons. The second-order valence-corrected chi connectivity index (χ2v) is 6.30. The van der Waals surface area contributed by atoms with E-state index >= 15 is 0 Å². The Bertz CT molecular complexity index is 616. The van der Waals surface area contributed by atoms with Crippen LogP contribution in [0.4, 0.5) is 13.2 Å². The normalized spacial score (nSPS) is 21.5. The Morgan fingerprint density at radius 2 is 2.00 bits per heavy atom. The molecule has 2 rings (SSSR count). The summed E-state index contributed by atoms with van der Waals surface area (Å²) in [5.41, 5.74) is -3.09. The maximum Gasteiger partial charge on any atom is 0.438 e. The third-order valence-electron chi connectivity index (χ3n) is 3.60. The second-order valence-electron chi connectivity index (χ2n) is 5.38. The van der Waals surface area contributed by atoms with E-state index in [2.05, 4.69) is 21.0 Å². The first-order chi connectivity index (χ1) is 10.7. The molecule has 0 aliphatic carbocycles. The fourth-order valence-corrected chi connectivity index (χ4v) is 2.55. The van der Waals surface area contributed by atoms with Gasteiger partial charge in [-0.1, -0.05) is 29.3 Å². The molecule has 1 aromatic rings. The van der Waals surface area contributed by atoms with Crippen LogP contribution in [0.25, 0.3) is 0 Å². The van der Waals surface area contributed by atoms with Gasteiger partial charge in [0.05, 0.1) is 0 Å². The molecule has 0 unspecified atom stereocenters. The number of hydrogen-bond acceptors (Lipinski definition) is 3. The Labute approximate surface area is 140 Å². The van der Waals surface area contributed by atoms with Gasteiger partial charge in [-0.2, -0.15) is 23.3 Å². The molecule has 4 nitrogen and oxygen atoms in total. The third-order valence-corrected chi connectivity index (χ3v) is 4.13. The van der Waals surface area contributed by atoms with Crippen LogP contribution in [0.3, 0.4) is 0 Å². The molecule has 23 heavy (non-hydrogen) atoms. The molecule has 0 saturated heterocycles. The zero-order valence-corrected chi connectivity index (χ0v) is 14.0. The van der Waals surface area contributed by atoms with Crippen LogP contribution in [0.15, 0.2) is 33.8 Å². The van der Waals surface area contributed by atoms with Crippen LogP contribution in [0, 0.1) is 0 Å². The van der Waals surface area contributed by atoms with Crippen LogP contribution in [-0.4, -0.2) is 33.6 Å². The van der Waals surface area contributed by atoms with E-state index in [0.29, 0.717) is 17.3 Å². The van der Waals surface area contributed by atoms with E-state index in [4.69, 9.17) is 0 Å². The third kappa shape index (κ3) is 3.58. The maximum atomic E-state index is 13.3. The van der Waals surface area contributed by atoms with E-state index < -0.39 is 24.2 Å². The molecule has 0 spiro atoms. The first-order valence-corrected chi connectivity index (χ1v) is 7.94. The van der Waals surface area contributed by atoms with E-state index in [-0.39, 0.29) is 16.3 Å². The number of amides is 1. The van der Waals surface area contributed by atoms with Gasteiger partial charge < -0.3 is 5.11 Å². The van der Waals surface area contributed by atoms with Gasteiger partial charge in [-0.05, 0) is 37.1 Å². The summed E-state index contributed by atoms with van der Waals surface area (Å²) in [4.78, 5) is 12.4. The molecule has 1 aliphatic heterocycles. The van der Waals surface area contributed by atoms with Crippen LogP contribution in [0.5, 0.6) is 0 Å². The highest BCUT2D eigenvalue weighted by molar-refractivity contribution is 9.10. The molecule has 1 aromatic carbocycles. The number of hydrazone groups is 1. The van der Waals surface area contributed by atoms with Gasteiger partial charge in [-0.25, -0.2) is 0 Å². The molecular weight excluding hydrogens is 377 g/mol. The molecule has 0 aromatic heterocycles. The second kappa shape index (κ2) is 6.60. The summed E-state index contributed by atoms with van der Waals surface area (Å²) in [7, 11) is 0. The number of unbranched alkanes of at least 4 members (excludes halogenated alkanes) is 1. The van der Waals surface area contributed by atoms with Crippen LogP contribution >= 0.6 is 15.9 Å². The minimum absolute atomic E-state index is 0.0244. The Kier molecular flexibility index (Phi) is 5.15. The zero-order valence-electron chi connectivity index (χ0n) is 12.4. The lowest BCUT2D eigenvalue weighted by atomic mass is 10.0. The van der Waals surface area contributed by atoms with Crippen molar-refractivity contribution < 1.29 is 23.1 Å². The summed E-state index contributed by atoms with van der Waals surface area (Å²) in [6.07, 6.45) is -3.95. The highest BCUT2D eigenvalue weighted by atomic mass is 79.9. The summed E-state index contributed by atoms with van der Waals surface area (Å²) in [5.74, 6) is -0.983. The lowest BCUT2D eigenvalue weighted by Crippen LogP contribution is -2.56. The zero-order chi connectivity index (χ0) is 17.3. The summed E-state index contributed by atoms with van der Waals surface area (Å²) < 4.78 is 40.6. The maximum absolute atomic E-state index is 13.3. The molecular formula is C15H16BrF3N2O2. The van der Waals surface area contributed by atoms with E-state index in [9.17, 15) is 23.1 Å². The van der Waals surface area contributed by atoms with Crippen LogP contribution in [0.1, 0.15) is 43.0 Å². The van der Waals surface area contributed by atoms with Crippen LogP contribution in [0.2, 0.25) is 0 Å². The molecule has 1 aliphatic rings. The topological polar surface area (TPSA) is 52.9 Å². The Balaban J connectivity index is 2.35. The smallest absolute Gasteiger partial charge is 0.362 e. The summed E-state index contributed by atoms with van der Waals surface area (Å²) in [6, 6.07) is 5.83. The van der Waals surface area contributed by atoms with Crippen molar-refractivity contribution in [1.29, 1.82) is 0 Å². The molecule has 1 amide bonds. The number of carbonyl (C=O) groups excluding carboxylic acids is 1. The molecule has 1 atom stereocenters. The SMILES string of the molecule is CCCCC1=NN(C(=O)c2ccc(Br)cc2)[C@](O)(C(F)(F)F)C1. The fourth-order valence-electron chi connectivity index (χ4n) is 2.29. The predicted molar refractivity (Wildman–Crippen MR) is 82.9 cm³/mol. The van der Waals surface area contributed by atoms with Crippen molar-refractivity contribution in [2.45, 2.75) is 44.5 Å². The Morgan fingerprint density at radius 3 is 2.52 bits per heavy atom. The number of benzene rings is 1. The molecule has 1 N–H and O–H groups in total. The first kappa shape index (κ1) is 17.9. The van der Waals surface area contributed by atoms with Gasteiger partial charge in [0.1, 0.15) is 0 Å². The van der Waals surface area contributed by atoms with Gasteiger partial charge in [0.2, 0.25) is 0 Å². The van der Waals surface area contributed by atoms with Crippen molar-refractivity contribution in [2.75, 3.05) is 0 Å². The Hall–Kier alpha value is -1.41. The monoisotopic (exact) mass is 392 g/mol. The van der Waals surface area contributed by atoms with Gasteiger partial charge >= 0.3 is 6.18 Å². The minimum Gasteiger partial charge on any atom is -0.362 e. The van der Waals surface area contributed by atoms with Crippen molar-refractivity contribution >= 4 is 27.5 Å². The lowest BCUT2D eigenvalue weighted by Gasteiger charge is -2.32. The van der Waals surface area contributed by atoms with Crippen LogP contribution < -0.4 is 0 Å². The van der Waals surface area contributed by atoms with Crippen molar-refractivity contribution in [3.05, 3.63) is 34.3 Å². The van der Waals surface area contributed by atoms with Crippen LogP contribution in [-0.2, 0) is 0 Å². The number of hydrogen-bond donors (Lipinski definition) is 1. The van der Waals surface area contributed by atoms with Gasteiger partial charge in [-0.3, -0.25) is 4.79 Å². The van der Waals surface area contributed by atoms with E-state index in [1.54, 1.807) is 0 Å². The number of aliphatic hydroxyl groups is 1. The number of halogens is 4. The highest BCUT2D eigenvalue weighted by Gasteiger charge is 2.63. The quantitative estimate of drug-likeness (QED) is 0.838. The van der Waals surface area contributed by atoms with Crippen molar-refractivity contribution in [2.24, 2.45) is 5.10 Å². The van der Waals surface area contributed by atoms with E-state index in [1.165, 1.54) is 24.3 Å². The molecule has 1 heterocycles. The average molecular weight is 393 g/mol. The molecule has 8 heteroatoms. The minimum atomic E-state index is -4.99. The van der Waals surface area contributed by atoms with Crippen molar-refractivity contribution in [1.82, 2.24) is 5.01 Å². The van der Waals surface area contributed by atoms with Gasteiger partial charge in [0, 0.05) is 22.2 Å². The first-order valence-electron chi connectivity index (χ1n) is 7.14. The lowest BCUT2D eigenvalue weighted by molar-refractivity contribution is -0.297. The van der Waals surface area contributed by atoms with Gasteiger partial charge in [0.15, 0.2) is 0 Å². The fraction of sp³-hybridized carbons (Fsp3) is 0.467. The average Bonchev–Trinajstić information content (AvgIpc) is 2.83. The number of rotatable bonds is 4. The van der Waals surface area contributed by atoms with Crippen molar-refractivity contribution in [3.8, 4) is 0 Å². The van der Waals surface area contributed by atoms with Gasteiger partial charge in [-0.15, -0.1) is 0 Å². The predicted octanol–water partition coefficient (Wildman–Crippen LogP) is 4.09. The van der Waals surface area contributed by atoms with Gasteiger partial charge in [0.25, 0.3) is 11.6 Å². The van der Waals surface area contributed by atoms with E-state index in [0.717, 1.165) is 6.42 Å². The molecule has 0 fully saturated rings. The molecule has 0 saturated carbocycles. The highest BCUT2D eigenvalue weighted by Crippen LogP contribution is 2.41. The van der Waals surface area contributed by atoms with E-state index in [1.807, 2.05) is 6.92 Å². The standard InChI is InChI=1S/C15H16BrF3N2O2/c1-2-3-4-12-9-14(23,15(17,18)19)21(20-12)13(22)10-5-7-11(16)8-6-10/h5-8,23H,2-4,9H2,1H3/t14-/m1/s1. The number of carbonyl (C=O) groups is 1. The number of alkyl halides is 3.